The molecular formula is C19H16N4OS2. The molecule has 0 fully saturated rings. The van der Waals surface area contributed by atoms with E-state index in [1.54, 1.807) is 0 Å². The Morgan fingerprint density at radius 1 is 1.35 bits per heavy atom. The first-order valence-electron chi connectivity index (χ1n) is 8.36. The van der Waals surface area contributed by atoms with Gasteiger partial charge in [-0.3, -0.25) is 4.79 Å². The van der Waals surface area contributed by atoms with Gasteiger partial charge < -0.3 is 5.32 Å². The molecule has 0 atom stereocenters. The van der Waals surface area contributed by atoms with Crippen LogP contribution in [-0.4, -0.2) is 21.6 Å². The first kappa shape index (κ1) is 17.0. The van der Waals surface area contributed by atoms with Crippen LogP contribution in [0.4, 0.5) is 5.00 Å². The zero-order valence-corrected chi connectivity index (χ0v) is 15.8. The summed E-state index contributed by atoms with van der Waals surface area (Å²) in [6.45, 7) is 1.85. The molecule has 1 aromatic carbocycles. The van der Waals surface area contributed by atoms with Crippen molar-refractivity contribution in [2.45, 2.75) is 31.2 Å². The van der Waals surface area contributed by atoms with E-state index in [2.05, 4.69) is 21.4 Å². The molecule has 0 radical (unpaired) electrons. The minimum Gasteiger partial charge on any atom is -0.316 e. The Morgan fingerprint density at radius 2 is 2.19 bits per heavy atom. The molecule has 1 aliphatic carbocycles. The minimum absolute atomic E-state index is 0.119. The molecular weight excluding hydrogens is 364 g/mol. The lowest BCUT2D eigenvalue weighted by Gasteiger charge is -2.07. The fourth-order valence-corrected chi connectivity index (χ4v) is 5.30. The molecule has 7 heteroatoms. The van der Waals surface area contributed by atoms with E-state index in [0.29, 0.717) is 16.4 Å². The smallest absolute Gasteiger partial charge is 0.235 e. The topological polar surface area (TPSA) is 78.7 Å². The van der Waals surface area contributed by atoms with Crippen molar-refractivity contribution >= 4 is 44.9 Å². The number of amides is 1. The molecule has 0 aliphatic heterocycles. The third-order valence-electron chi connectivity index (χ3n) is 4.31. The van der Waals surface area contributed by atoms with Gasteiger partial charge in [0, 0.05) is 10.3 Å². The minimum atomic E-state index is -0.119. The highest BCUT2D eigenvalue weighted by atomic mass is 32.2. The summed E-state index contributed by atoms with van der Waals surface area (Å²) in [5.74, 6) is 0.813. The number of nitrogens with zero attached hydrogens (tertiary/aromatic N) is 3. The van der Waals surface area contributed by atoms with Crippen LogP contribution in [0.15, 0.2) is 29.3 Å². The second-order valence-electron chi connectivity index (χ2n) is 6.10. The Bertz CT molecular complexity index is 1050. The molecule has 1 N–H and O–H groups in total. The Kier molecular flexibility index (Phi) is 4.62. The lowest BCUT2D eigenvalue weighted by atomic mass is 10.1. The zero-order valence-electron chi connectivity index (χ0n) is 14.2. The molecule has 0 bridgehead atoms. The van der Waals surface area contributed by atoms with E-state index in [0.717, 1.165) is 40.8 Å². The van der Waals surface area contributed by atoms with Crippen LogP contribution in [0.5, 0.6) is 0 Å². The summed E-state index contributed by atoms with van der Waals surface area (Å²) in [6.07, 6.45) is 3.04. The van der Waals surface area contributed by atoms with Crippen molar-refractivity contribution in [2.24, 2.45) is 0 Å². The number of nitrogens with one attached hydrogen (secondary N) is 1. The standard InChI is InChI=1S/C19H16N4OS2/c1-11-21-15-7-3-2-5-13(15)18(22-11)25-10-17(24)23-19-14(9-20)12-6-4-8-16(12)26-19/h2-3,5,7H,4,6,8,10H2,1H3,(H,23,24). The van der Waals surface area contributed by atoms with Crippen LogP contribution >= 0.6 is 23.1 Å². The van der Waals surface area contributed by atoms with Crippen molar-refractivity contribution in [1.82, 2.24) is 9.97 Å². The Morgan fingerprint density at radius 3 is 3.04 bits per heavy atom. The molecule has 0 unspecified atom stereocenters. The fraction of sp³-hybridized carbons (Fsp3) is 0.263. The van der Waals surface area contributed by atoms with Gasteiger partial charge in [-0.15, -0.1) is 11.3 Å². The first-order valence-corrected chi connectivity index (χ1v) is 10.2. The monoisotopic (exact) mass is 380 g/mol. The van der Waals surface area contributed by atoms with Gasteiger partial charge in [0.25, 0.3) is 0 Å². The molecule has 0 saturated heterocycles. The predicted octanol–water partition coefficient (Wildman–Crippen LogP) is 4.09. The van der Waals surface area contributed by atoms with Gasteiger partial charge in [-0.25, -0.2) is 9.97 Å². The van der Waals surface area contributed by atoms with Gasteiger partial charge >= 0.3 is 0 Å². The van der Waals surface area contributed by atoms with E-state index in [1.165, 1.54) is 28.0 Å². The van der Waals surface area contributed by atoms with Crippen molar-refractivity contribution in [3.63, 3.8) is 0 Å². The summed E-state index contributed by atoms with van der Waals surface area (Å²) >= 11 is 2.93. The number of nitriles is 1. The Balaban J connectivity index is 1.50. The van der Waals surface area contributed by atoms with Gasteiger partial charge in [-0.2, -0.15) is 5.26 Å². The number of fused-ring (bicyclic) bond motifs is 2. The molecule has 26 heavy (non-hydrogen) atoms. The number of carbonyl (C=O) groups is 1. The predicted molar refractivity (Wildman–Crippen MR) is 105 cm³/mol. The molecule has 2 aromatic heterocycles. The maximum Gasteiger partial charge on any atom is 0.235 e. The number of rotatable bonds is 4. The number of hydrogen-bond donors (Lipinski definition) is 1. The lowest BCUT2D eigenvalue weighted by Crippen LogP contribution is -2.14. The number of aromatic nitrogens is 2. The van der Waals surface area contributed by atoms with Gasteiger partial charge in [0.2, 0.25) is 5.91 Å². The number of anilines is 1. The highest BCUT2D eigenvalue weighted by Crippen LogP contribution is 2.38. The van der Waals surface area contributed by atoms with Gasteiger partial charge in [-0.05, 0) is 37.8 Å². The van der Waals surface area contributed by atoms with Crippen molar-refractivity contribution in [2.75, 3.05) is 11.1 Å². The van der Waals surface area contributed by atoms with Gasteiger partial charge in [0.05, 0.1) is 16.8 Å². The molecule has 130 valence electrons. The summed E-state index contributed by atoms with van der Waals surface area (Å²) in [5.41, 5.74) is 2.64. The number of hydrogen-bond acceptors (Lipinski definition) is 6. The molecule has 1 aliphatic rings. The maximum atomic E-state index is 12.4. The average Bonchev–Trinajstić information content (AvgIpc) is 3.20. The van der Waals surface area contributed by atoms with E-state index in [-0.39, 0.29) is 11.7 Å². The summed E-state index contributed by atoms with van der Waals surface area (Å²) < 4.78 is 0. The van der Waals surface area contributed by atoms with Crippen LogP contribution in [0.25, 0.3) is 10.9 Å². The van der Waals surface area contributed by atoms with Crippen molar-refractivity contribution in [1.29, 1.82) is 5.26 Å². The second-order valence-corrected chi connectivity index (χ2v) is 8.17. The van der Waals surface area contributed by atoms with E-state index in [9.17, 15) is 10.1 Å². The molecule has 0 spiro atoms. The summed E-state index contributed by atoms with van der Waals surface area (Å²) in [6, 6.07) is 10.0. The molecule has 5 nitrogen and oxygen atoms in total. The lowest BCUT2D eigenvalue weighted by molar-refractivity contribution is -0.113. The third kappa shape index (κ3) is 3.18. The van der Waals surface area contributed by atoms with Crippen molar-refractivity contribution in [3.8, 4) is 6.07 Å². The summed E-state index contributed by atoms with van der Waals surface area (Å²) in [4.78, 5) is 22.6. The van der Waals surface area contributed by atoms with E-state index in [4.69, 9.17) is 0 Å². The quantitative estimate of drug-likeness (QED) is 0.545. The maximum absolute atomic E-state index is 12.4. The van der Waals surface area contributed by atoms with Gasteiger partial charge in [0.15, 0.2) is 0 Å². The van der Waals surface area contributed by atoms with Crippen LogP contribution in [0.2, 0.25) is 0 Å². The Hall–Kier alpha value is -2.43. The number of thioether (sulfide) groups is 1. The average molecular weight is 380 g/mol. The third-order valence-corrected chi connectivity index (χ3v) is 6.50. The number of benzene rings is 1. The fourth-order valence-electron chi connectivity index (χ4n) is 3.18. The van der Waals surface area contributed by atoms with Crippen LogP contribution < -0.4 is 5.32 Å². The second kappa shape index (κ2) is 7.06. The van der Waals surface area contributed by atoms with Gasteiger partial charge in [-0.1, -0.05) is 30.0 Å². The van der Waals surface area contributed by atoms with Gasteiger partial charge in [0.1, 0.15) is 21.9 Å². The highest BCUT2D eigenvalue weighted by molar-refractivity contribution is 8.00. The van der Waals surface area contributed by atoms with Crippen molar-refractivity contribution < 1.29 is 4.79 Å². The normalized spacial score (nSPS) is 12.8. The number of aryl methyl sites for hydroxylation is 2. The SMILES string of the molecule is Cc1nc(SCC(=O)Nc2sc3c(c2C#N)CCC3)c2ccccc2n1. The summed E-state index contributed by atoms with van der Waals surface area (Å²) in [7, 11) is 0. The highest BCUT2D eigenvalue weighted by Gasteiger charge is 2.23. The van der Waals surface area contributed by atoms with Crippen molar-refractivity contribution in [3.05, 3.63) is 46.1 Å². The summed E-state index contributed by atoms with van der Waals surface area (Å²) in [5, 5.41) is 14.8. The molecule has 0 saturated carbocycles. The van der Waals surface area contributed by atoms with Crippen LogP contribution in [0.3, 0.4) is 0 Å². The molecule has 2 heterocycles. The molecule has 3 aromatic rings. The Labute approximate surface area is 159 Å². The van der Waals surface area contributed by atoms with E-state index >= 15 is 0 Å². The largest absolute Gasteiger partial charge is 0.316 e. The van der Waals surface area contributed by atoms with Crippen LogP contribution in [0.1, 0.15) is 28.2 Å². The zero-order chi connectivity index (χ0) is 18.1. The van der Waals surface area contributed by atoms with E-state index in [1.807, 2.05) is 31.2 Å². The number of para-hydroxylation sites is 1. The first-order chi connectivity index (χ1) is 12.7. The van der Waals surface area contributed by atoms with Crippen LogP contribution in [0, 0.1) is 18.3 Å². The number of thiophene rings is 1. The molecule has 4 rings (SSSR count). The van der Waals surface area contributed by atoms with E-state index < -0.39 is 0 Å². The number of carbonyl (C=O) groups excluding carboxylic acids is 1. The molecule has 1 amide bonds. The van der Waals surface area contributed by atoms with Crippen LogP contribution in [-0.2, 0) is 17.6 Å².